The summed E-state index contributed by atoms with van der Waals surface area (Å²) in [6.45, 7) is 2.60. The Balaban J connectivity index is 1.90. The van der Waals surface area contributed by atoms with E-state index in [2.05, 4.69) is 10.9 Å². The molecule has 0 unspecified atom stereocenters. The lowest BCUT2D eigenvalue weighted by molar-refractivity contribution is 0.0995. The van der Waals surface area contributed by atoms with Crippen LogP contribution >= 0.6 is 11.3 Å². The van der Waals surface area contributed by atoms with Crippen molar-refractivity contribution >= 4 is 38.4 Å². The Bertz CT molecular complexity index is 1400. The normalized spacial score (nSPS) is 11.7. The fourth-order valence-corrected chi connectivity index (χ4v) is 4.11. The van der Waals surface area contributed by atoms with Gasteiger partial charge in [0, 0.05) is 0 Å². The summed E-state index contributed by atoms with van der Waals surface area (Å²) in [4.78, 5) is 30.1. The maximum atomic E-state index is 12.8. The first kappa shape index (κ1) is 18.7. The number of amides is 1. The topological polar surface area (TPSA) is 73.8 Å². The van der Waals surface area contributed by atoms with Crippen LogP contribution in [0.3, 0.4) is 0 Å². The average Bonchev–Trinajstić information content (AvgIpc) is 3.07. The number of ether oxygens (including phenoxy) is 1. The molecular weight excluding hydrogens is 388 g/mol. The number of nitrogens with zero attached hydrogens (tertiary/aromatic N) is 2. The zero-order chi connectivity index (χ0) is 20.4. The average molecular weight is 404 g/mol. The van der Waals surface area contributed by atoms with Crippen molar-refractivity contribution in [2.75, 3.05) is 6.61 Å². The molecule has 4 rings (SSSR count). The van der Waals surface area contributed by atoms with Crippen molar-refractivity contribution < 1.29 is 13.9 Å². The van der Waals surface area contributed by atoms with Crippen LogP contribution in [0.4, 0.5) is 0 Å². The molecule has 6 nitrogen and oxygen atoms in total. The summed E-state index contributed by atoms with van der Waals surface area (Å²) >= 11 is 1.30. The summed E-state index contributed by atoms with van der Waals surface area (Å²) in [5.74, 6) is 2.56. The summed E-state index contributed by atoms with van der Waals surface area (Å²) in [6.07, 6.45) is 6.69. The molecule has 2 aromatic heterocycles. The third-order valence-corrected chi connectivity index (χ3v) is 5.36. The van der Waals surface area contributed by atoms with Crippen molar-refractivity contribution in [3.63, 3.8) is 0 Å². The van der Waals surface area contributed by atoms with E-state index in [1.54, 1.807) is 28.8 Å². The molecule has 0 aliphatic carbocycles. The third kappa shape index (κ3) is 3.35. The smallest absolute Gasteiger partial charge is 0.286 e. The minimum absolute atomic E-state index is 0.126. The first-order chi connectivity index (χ1) is 14.1. The molecule has 0 aliphatic heterocycles. The van der Waals surface area contributed by atoms with E-state index in [4.69, 9.17) is 15.6 Å². The van der Waals surface area contributed by atoms with Gasteiger partial charge in [-0.1, -0.05) is 35.5 Å². The van der Waals surface area contributed by atoms with E-state index in [9.17, 15) is 9.59 Å². The Morgan fingerprint density at radius 3 is 2.90 bits per heavy atom. The molecule has 0 saturated heterocycles. The van der Waals surface area contributed by atoms with Crippen LogP contribution < -0.4 is 15.0 Å². The molecule has 0 atom stereocenters. The van der Waals surface area contributed by atoms with Crippen LogP contribution in [-0.4, -0.2) is 17.1 Å². The highest BCUT2D eigenvalue weighted by atomic mass is 32.1. The number of carbonyl (C=O) groups is 1. The fourth-order valence-electron chi connectivity index (χ4n) is 3.07. The lowest BCUT2D eigenvalue weighted by Gasteiger charge is -2.07. The lowest BCUT2D eigenvalue weighted by atomic mass is 10.2. The molecule has 0 spiro atoms. The molecule has 2 aromatic carbocycles. The second-order valence-corrected chi connectivity index (χ2v) is 7.11. The maximum Gasteiger partial charge on any atom is 0.286 e. The van der Waals surface area contributed by atoms with Gasteiger partial charge in [0.15, 0.2) is 4.80 Å². The number of para-hydroxylation sites is 2. The van der Waals surface area contributed by atoms with E-state index in [0.29, 0.717) is 28.1 Å². The molecule has 144 valence electrons. The zero-order valence-electron chi connectivity index (χ0n) is 15.5. The summed E-state index contributed by atoms with van der Waals surface area (Å²) in [7, 11) is 0. The SMILES string of the molecule is C#CCn1c(=NC(=O)c2coc3ccccc3c2=O)sc2cccc(OCC)c21. The number of rotatable bonds is 4. The summed E-state index contributed by atoms with van der Waals surface area (Å²) in [5, 5.41) is 0.333. The molecule has 29 heavy (non-hydrogen) atoms. The van der Waals surface area contributed by atoms with Crippen molar-refractivity contribution in [2.45, 2.75) is 13.5 Å². The highest BCUT2D eigenvalue weighted by molar-refractivity contribution is 7.16. The van der Waals surface area contributed by atoms with E-state index in [1.807, 2.05) is 25.1 Å². The van der Waals surface area contributed by atoms with E-state index in [0.717, 1.165) is 16.5 Å². The van der Waals surface area contributed by atoms with Gasteiger partial charge in [0.05, 0.1) is 23.2 Å². The maximum absolute atomic E-state index is 12.8. The van der Waals surface area contributed by atoms with Crippen molar-refractivity contribution in [1.82, 2.24) is 4.57 Å². The van der Waals surface area contributed by atoms with E-state index >= 15 is 0 Å². The van der Waals surface area contributed by atoms with Gasteiger partial charge in [0.25, 0.3) is 5.91 Å². The number of hydrogen-bond donors (Lipinski definition) is 0. The quantitative estimate of drug-likeness (QED) is 0.487. The first-order valence-corrected chi connectivity index (χ1v) is 9.74. The largest absolute Gasteiger partial charge is 0.492 e. The summed E-state index contributed by atoms with van der Waals surface area (Å²) < 4.78 is 13.8. The monoisotopic (exact) mass is 404 g/mol. The standard InChI is InChI=1S/C22H16N2O4S/c1-3-12-24-19-17(27-4-2)10-7-11-18(19)29-22(24)23-21(26)15-13-28-16-9-6-5-8-14(16)20(15)25/h1,5-11,13H,4,12H2,2H3. The number of fused-ring (bicyclic) bond motifs is 2. The van der Waals surface area contributed by atoms with E-state index < -0.39 is 11.3 Å². The van der Waals surface area contributed by atoms with Gasteiger partial charge >= 0.3 is 0 Å². The second kappa shape index (κ2) is 7.78. The first-order valence-electron chi connectivity index (χ1n) is 8.92. The van der Waals surface area contributed by atoms with Gasteiger partial charge in [0.1, 0.15) is 28.7 Å². The van der Waals surface area contributed by atoms with Crippen LogP contribution in [-0.2, 0) is 6.54 Å². The molecule has 7 heteroatoms. The predicted octanol–water partition coefficient (Wildman–Crippen LogP) is 3.58. The Morgan fingerprint density at radius 2 is 2.10 bits per heavy atom. The van der Waals surface area contributed by atoms with Gasteiger partial charge in [-0.2, -0.15) is 4.99 Å². The molecule has 1 amide bonds. The highest BCUT2D eigenvalue weighted by Crippen LogP contribution is 2.27. The zero-order valence-corrected chi connectivity index (χ0v) is 16.4. The van der Waals surface area contributed by atoms with Crippen LogP contribution in [0.5, 0.6) is 5.75 Å². The Kier molecular flexibility index (Phi) is 5.02. The van der Waals surface area contributed by atoms with Gasteiger partial charge in [-0.05, 0) is 31.2 Å². The van der Waals surface area contributed by atoms with Gasteiger partial charge in [0.2, 0.25) is 5.43 Å². The Hall–Kier alpha value is -3.63. The molecule has 0 fully saturated rings. The number of thiazole rings is 1. The molecule has 0 radical (unpaired) electrons. The third-order valence-electron chi connectivity index (χ3n) is 4.32. The Labute approximate surface area is 169 Å². The molecular formula is C22H16N2O4S. The minimum atomic E-state index is -0.681. The molecule has 0 N–H and O–H groups in total. The van der Waals surface area contributed by atoms with Gasteiger partial charge in [-0.15, -0.1) is 6.42 Å². The molecule has 0 bridgehead atoms. The van der Waals surface area contributed by atoms with Crippen LogP contribution in [0.25, 0.3) is 21.2 Å². The minimum Gasteiger partial charge on any atom is -0.492 e. The summed E-state index contributed by atoms with van der Waals surface area (Å²) in [5.41, 5.74) is 0.646. The molecule has 0 aliphatic rings. The summed E-state index contributed by atoms with van der Waals surface area (Å²) in [6, 6.07) is 12.4. The predicted molar refractivity (Wildman–Crippen MR) is 112 cm³/mol. The fraction of sp³-hybridized carbons (Fsp3) is 0.136. The van der Waals surface area contributed by atoms with Crippen molar-refractivity contribution in [3.8, 4) is 18.1 Å². The highest BCUT2D eigenvalue weighted by Gasteiger charge is 2.16. The lowest BCUT2D eigenvalue weighted by Crippen LogP contribution is -2.20. The Morgan fingerprint density at radius 1 is 1.28 bits per heavy atom. The molecule has 4 aromatic rings. The number of carbonyl (C=O) groups excluding carboxylic acids is 1. The molecule has 2 heterocycles. The van der Waals surface area contributed by atoms with Crippen molar-refractivity contribution in [2.24, 2.45) is 4.99 Å². The van der Waals surface area contributed by atoms with Crippen molar-refractivity contribution in [1.29, 1.82) is 0 Å². The number of terminal acetylenes is 1. The van der Waals surface area contributed by atoms with Crippen LogP contribution in [0.15, 0.2) is 62.9 Å². The van der Waals surface area contributed by atoms with Crippen LogP contribution in [0, 0.1) is 12.3 Å². The second-order valence-electron chi connectivity index (χ2n) is 6.10. The van der Waals surface area contributed by atoms with Crippen LogP contribution in [0.2, 0.25) is 0 Å². The van der Waals surface area contributed by atoms with Gasteiger partial charge < -0.3 is 13.7 Å². The van der Waals surface area contributed by atoms with Crippen LogP contribution in [0.1, 0.15) is 17.3 Å². The van der Waals surface area contributed by atoms with E-state index in [-0.39, 0.29) is 12.1 Å². The number of benzene rings is 2. The van der Waals surface area contributed by atoms with Gasteiger partial charge in [-0.3, -0.25) is 9.59 Å². The number of aromatic nitrogens is 1. The molecule has 0 saturated carbocycles. The van der Waals surface area contributed by atoms with E-state index in [1.165, 1.54) is 11.3 Å². The van der Waals surface area contributed by atoms with Crippen molar-refractivity contribution in [3.05, 3.63) is 69.3 Å². The number of hydrogen-bond acceptors (Lipinski definition) is 5. The van der Waals surface area contributed by atoms with Gasteiger partial charge in [-0.25, -0.2) is 0 Å².